The van der Waals surface area contributed by atoms with Crippen molar-refractivity contribution >= 4 is 77.2 Å². The van der Waals surface area contributed by atoms with E-state index in [1.807, 2.05) is 0 Å². The summed E-state index contributed by atoms with van der Waals surface area (Å²) in [6.07, 6.45) is 0. The van der Waals surface area contributed by atoms with E-state index in [1.54, 1.807) is 0 Å². The zero-order valence-corrected chi connectivity index (χ0v) is 32.0. The SMILES string of the molecule is CC1(C)c2cc3cc(N(c4ccccc4)c4ccc5ccccc5c4)ccc3cc2-c2cc3ccc(N(c4ccccc4)c4ccc5ccccc5c4)cc3cc21. The maximum Gasteiger partial charge on any atom is 0.0468 e. The molecule has 0 spiro atoms. The number of nitrogens with zero attached hydrogens (tertiary/aromatic N) is 2. The van der Waals surface area contributed by atoms with Gasteiger partial charge in [-0.1, -0.05) is 123 Å². The smallest absolute Gasteiger partial charge is 0.0468 e. The van der Waals surface area contributed by atoms with Gasteiger partial charge < -0.3 is 9.80 Å². The van der Waals surface area contributed by atoms with Gasteiger partial charge in [0.1, 0.15) is 0 Å². The van der Waals surface area contributed by atoms with Crippen LogP contribution >= 0.6 is 0 Å². The van der Waals surface area contributed by atoms with Crippen LogP contribution in [-0.4, -0.2) is 0 Å². The van der Waals surface area contributed by atoms with Crippen LogP contribution in [0.25, 0.3) is 54.2 Å². The Labute approximate surface area is 333 Å². The van der Waals surface area contributed by atoms with E-state index in [0.29, 0.717) is 0 Å². The van der Waals surface area contributed by atoms with E-state index in [9.17, 15) is 0 Å². The molecule has 10 aromatic rings. The fourth-order valence-electron chi connectivity index (χ4n) is 9.15. The number of para-hydroxylation sites is 2. The summed E-state index contributed by atoms with van der Waals surface area (Å²) >= 11 is 0. The Morgan fingerprint density at radius 3 is 0.982 bits per heavy atom. The second kappa shape index (κ2) is 13.0. The number of fused-ring (bicyclic) bond motifs is 7. The molecule has 1 aliphatic carbocycles. The average molecular weight is 729 g/mol. The average Bonchev–Trinajstić information content (AvgIpc) is 3.46. The van der Waals surface area contributed by atoms with Crippen LogP contribution in [0.5, 0.6) is 0 Å². The summed E-state index contributed by atoms with van der Waals surface area (Å²) in [6.45, 7) is 4.78. The summed E-state index contributed by atoms with van der Waals surface area (Å²) in [6, 6.07) is 75.7. The van der Waals surface area contributed by atoms with Crippen LogP contribution in [0.1, 0.15) is 25.0 Å². The normalized spacial score (nSPS) is 12.9. The Morgan fingerprint density at radius 2 is 0.579 bits per heavy atom. The standard InChI is InChI=1S/C55H40N2/c1-55(2)53-35-43-31-49(56(45-17-5-3-6-18-45)47-25-21-37-13-9-11-15-39(37)29-47)27-23-41(43)33-51(53)52-34-42-24-28-50(32-44(42)36-54(52)55)57(46-19-7-4-8-20-46)48-26-22-38-14-10-12-16-40(38)30-48/h3-36H,1-2H3. The number of hydrogen-bond acceptors (Lipinski definition) is 2. The monoisotopic (exact) mass is 728 g/mol. The van der Waals surface area contributed by atoms with Crippen LogP contribution in [0, 0.1) is 0 Å². The van der Waals surface area contributed by atoms with Gasteiger partial charge in [-0.3, -0.25) is 0 Å². The summed E-state index contributed by atoms with van der Waals surface area (Å²) in [5.74, 6) is 0. The molecule has 0 amide bonds. The van der Waals surface area contributed by atoms with Crippen LogP contribution in [0.2, 0.25) is 0 Å². The van der Waals surface area contributed by atoms with E-state index >= 15 is 0 Å². The summed E-state index contributed by atoms with van der Waals surface area (Å²) in [5, 5.41) is 9.93. The molecule has 2 nitrogen and oxygen atoms in total. The summed E-state index contributed by atoms with van der Waals surface area (Å²) in [5.41, 5.74) is 12.1. The van der Waals surface area contributed by atoms with Gasteiger partial charge in [0.05, 0.1) is 0 Å². The van der Waals surface area contributed by atoms with Gasteiger partial charge >= 0.3 is 0 Å². The lowest BCUT2D eigenvalue weighted by Gasteiger charge is -2.27. The molecular weight excluding hydrogens is 689 g/mol. The molecule has 0 fully saturated rings. The van der Waals surface area contributed by atoms with Gasteiger partial charge in [-0.15, -0.1) is 0 Å². The van der Waals surface area contributed by atoms with Gasteiger partial charge in [0.25, 0.3) is 0 Å². The molecule has 10 aromatic carbocycles. The predicted molar refractivity (Wildman–Crippen MR) is 243 cm³/mol. The molecule has 2 heteroatoms. The van der Waals surface area contributed by atoms with Crippen molar-refractivity contribution in [3.8, 4) is 11.1 Å². The molecular formula is C55H40N2. The second-order valence-electron chi connectivity index (χ2n) is 15.9. The molecule has 0 bridgehead atoms. The molecule has 0 unspecified atom stereocenters. The largest absolute Gasteiger partial charge is 0.310 e. The van der Waals surface area contributed by atoms with Crippen LogP contribution in [0.15, 0.2) is 206 Å². The quantitative estimate of drug-likeness (QED) is 0.168. The van der Waals surface area contributed by atoms with E-state index < -0.39 is 0 Å². The van der Waals surface area contributed by atoms with Crippen molar-refractivity contribution in [1.82, 2.24) is 0 Å². The van der Waals surface area contributed by atoms with E-state index in [2.05, 4.69) is 230 Å². The third kappa shape index (κ3) is 5.56. The number of rotatable bonds is 6. The first-order chi connectivity index (χ1) is 28.0. The summed E-state index contributed by atoms with van der Waals surface area (Å²) in [4.78, 5) is 4.75. The van der Waals surface area contributed by atoms with Gasteiger partial charge in [-0.05, 0) is 162 Å². The molecule has 270 valence electrons. The number of hydrogen-bond donors (Lipinski definition) is 0. The summed E-state index contributed by atoms with van der Waals surface area (Å²) < 4.78 is 0. The summed E-state index contributed by atoms with van der Waals surface area (Å²) in [7, 11) is 0. The van der Waals surface area contributed by atoms with Crippen LogP contribution in [-0.2, 0) is 5.41 Å². The predicted octanol–water partition coefficient (Wildman–Crippen LogP) is 15.5. The first kappa shape index (κ1) is 33.2. The van der Waals surface area contributed by atoms with Gasteiger partial charge in [0.15, 0.2) is 0 Å². The van der Waals surface area contributed by atoms with E-state index in [1.165, 1.54) is 65.3 Å². The lowest BCUT2D eigenvalue weighted by Crippen LogP contribution is -2.15. The zero-order chi connectivity index (χ0) is 38.1. The van der Waals surface area contributed by atoms with Crippen molar-refractivity contribution in [2.24, 2.45) is 0 Å². The maximum absolute atomic E-state index is 2.45. The van der Waals surface area contributed by atoms with E-state index in [-0.39, 0.29) is 5.41 Å². The molecule has 0 atom stereocenters. The molecule has 0 heterocycles. The third-order valence-electron chi connectivity index (χ3n) is 12.1. The first-order valence-electron chi connectivity index (χ1n) is 19.8. The lowest BCUT2D eigenvalue weighted by molar-refractivity contribution is 0.662. The van der Waals surface area contributed by atoms with Crippen LogP contribution in [0.4, 0.5) is 34.1 Å². The maximum atomic E-state index is 2.45. The number of anilines is 6. The molecule has 0 saturated carbocycles. The Morgan fingerprint density at radius 1 is 0.263 bits per heavy atom. The molecule has 1 aliphatic rings. The minimum Gasteiger partial charge on any atom is -0.310 e. The van der Waals surface area contributed by atoms with Crippen LogP contribution in [0.3, 0.4) is 0 Å². The zero-order valence-electron chi connectivity index (χ0n) is 32.0. The van der Waals surface area contributed by atoms with Crippen molar-refractivity contribution in [3.05, 3.63) is 217 Å². The van der Waals surface area contributed by atoms with Crippen molar-refractivity contribution in [2.45, 2.75) is 19.3 Å². The molecule has 0 radical (unpaired) electrons. The van der Waals surface area contributed by atoms with E-state index in [0.717, 1.165) is 34.1 Å². The van der Waals surface area contributed by atoms with Gasteiger partial charge in [0, 0.05) is 39.5 Å². The molecule has 11 rings (SSSR count). The lowest BCUT2D eigenvalue weighted by atomic mass is 9.81. The topological polar surface area (TPSA) is 6.48 Å². The molecule has 0 aliphatic heterocycles. The third-order valence-corrected chi connectivity index (χ3v) is 12.1. The molecule has 0 N–H and O–H groups in total. The Balaban J connectivity index is 1.01. The van der Waals surface area contributed by atoms with E-state index in [4.69, 9.17) is 0 Å². The van der Waals surface area contributed by atoms with Crippen LogP contribution < -0.4 is 9.80 Å². The van der Waals surface area contributed by atoms with Crippen molar-refractivity contribution in [1.29, 1.82) is 0 Å². The minimum absolute atomic E-state index is 0.173. The highest BCUT2D eigenvalue weighted by molar-refractivity contribution is 6.01. The molecule has 57 heavy (non-hydrogen) atoms. The Bertz CT molecular complexity index is 2950. The Hall–Kier alpha value is -7.16. The highest BCUT2D eigenvalue weighted by Crippen LogP contribution is 2.52. The highest BCUT2D eigenvalue weighted by Gasteiger charge is 2.36. The van der Waals surface area contributed by atoms with Gasteiger partial charge in [-0.2, -0.15) is 0 Å². The fourth-order valence-corrected chi connectivity index (χ4v) is 9.15. The molecule has 0 aromatic heterocycles. The number of benzene rings is 10. The Kier molecular flexibility index (Phi) is 7.55. The van der Waals surface area contributed by atoms with Gasteiger partial charge in [0.2, 0.25) is 0 Å². The van der Waals surface area contributed by atoms with Crippen molar-refractivity contribution in [2.75, 3.05) is 9.80 Å². The van der Waals surface area contributed by atoms with Crippen molar-refractivity contribution in [3.63, 3.8) is 0 Å². The first-order valence-corrected chi connectivity index (χ1v) is 19.8. The second-order valence-corrected chi connectivity index (χ2v) is 15.9. The van der Waals surface area contributed by atoms with Crippen molar-refractivity contribution < 1.29 is 0 Å². The minimum atomic E-state index is -0.173. The fraction of sp³-hybridized carbons (Fsp3) is 0.0545. The molecule has 0 saturated heterocycles. The van der Waals surface area contributed by atoms with Gasteiger partial charge in [-0.25, -0.2) is 0 Å². The highest BCUT2D eigenvalue weighted by atomic mass is 15.1.